The summed E-state index contributed by atoms with van der Waals surface area (Å²) in [6, 6.07) is 9.13. The van der Waals surface area contributed by atoms with E-state index in [4.69, 9.17) is 0 Å². The fourth-order valence-corrected chi connectivity index (χ4v) is 14.5. The zero-order valence-electron chi connectivity index (χ0n) is 8.30. The molecule has 0 amide bonds. The van der Waals surface area contributed by atoms with Gasteiger partial charge in [0.2, 0.25) is 0 Å². The lowest BCUT2D eigenvalue weighted by Crippen LogP contribution is -1.78. The minimum absolute atomic E-state index is 0.177. The maximum Gasteiger partial charge on any atom is 0.0478 e. The number of hydrogen-bond donors (Lipinski definition) is 2. The summed E-state index contributed by atoms with van der Waals surface area (Å²) >= 11 is 3.94. The largest absolute Gasteiger partial charge is 0.183 e. The Bertz CT molecular complexity index is 363. The van der Waals surface area contributed by atoms with Crippen LogP contribution in [0.25, 0.3) is 0 Å². The molecule has 0 radical (unpaired) electrons. The second-order valence-corrected chi connectivity index (χ2v) is 12.4. The maximum atomic E-state index is 2.35. The molecule has 1 aliphatic rings. The van der Waals surface area contributed by atoms with Crippen molar-refractivity contribution in [1.29, 1.82) is 0 Å². The third-order valence-corrected chi connectivity index (χ3v) is 14.3. The summed E-state index contributed by atoms with van der Waals surface area (Å²) in [5, 5.41) is 4.47. The van der Waals surface area contributed by atoms with Crippen LogP contribution < -0.4 is 0 Å². The Morgan fingerprint density at radius 2 is 1.40 bits per heavy atom. The molecule has 82 valence electrons. The van der Waals surface area contributed by atoms with E-state index in [1.165, 1.54) is 17.9 Å². The normalized spacial score (nSPS) is 30.7. The van der Waals surface area contributed by atoms with Gasteiger partial charge in [0.15, 0.2) is 0 Å². The summed E-state index contributed by atoms with van der Waals surface area (Å²) in [4.78, 5) is 0. The van der Waals surface area contributed by atoms with Crippen LogP contribution in [0.5, 0.6) is 0 Å². The van der Waals surface area contributed by atoms with Crippen LogP contribution in [0.1, 0.15) is 6.42 Å². The fourth-order valence-electron chi connectivity index (χ4n) is 1.90. The van der Waals surface area contributed by atoms with E-state index in [0.29, 0.717) is 0 Å². The molecule has 3 rings (SSSR count). The summed E-state index contributed by atoms with van der Waals surface area (Å²) < 4.78 is 3.36. The summed E-state index contributed by atoms with van der Waals surface area (Å²) in [6.45, 7) is 0. The zero-order chi connectivity index (χ0) is 10.1. The Balaban J connectivity index is 1.90. The van der Waals surface area contributed by atoms with Gasteiger partial charge in [-0.05, 0) is 40.8 Å². The Morgan fingerprint density at radius 3 is 1.80 bits per heavy atom. The second-order valence-electron chi connectivity index (χ2n) is 3.50. The summed E-state index contributed by atoms with van der Waals surface area (Å²) in [7, 11) is 0.353. The molecular formula is C11H14S4. The Kier molecular flexibility index (Phi) is 3.10. The van der Waals surface area contributed by atoms with E-state index in [1.807, 2.05) is 22.7 Å². The molecule has 1 saturated heterocycles. The van der Waals surface area contributed by atoms with Crippen molar-refractivity contribution in [3.63, 3.8) is 0 Å². The zero-order valence-corrected chi connectivity index (χ0v) is 11.7. The van der Waals surface area contributed by atoms with Crippen LogP contribution in [-0.4, -0.2) is 11.5 Å². The first kappa shape index (κ1) is 10.3. The van der Waals surface area contributed by atoms with Gasteiger partial charge in [0.25, 0.3) is 0 Å². The molecule has 2 unspecified atom stereocenters. The number of thiol groups is 2. The topological polar surface area (TPSA) is 0 Å². The Morgan fingerprint density at radius 1 is 0.867 bits per heavy atom. The molecule has 2 atom stereocenters. The minimum atomic E-state index is 0.177. The molecule has 2 aromatic rings. The van der Waals surface area contributed by atoms with Crippen LogP contribution in [-0.2, 0) is 0 Å². The highest BCUT2D eigenvalue weighted by molar-refractivity contribution is 8.93. The minimum Gasteiger partial charge on any atom is -0.183 e. The van der Waals surface area contributed by atoms with E-state index in [-0.39, 0.29) is 19.9 Å². The Hall–Kier alpha value is 0.1000. The van der Waals surface area contributed by atoms with Crippen molar-refractivity contribution in [3.05, 3.63) is 35.0 Å². The molecule has 1 aliphatic heterocycles. The van der Waals surface area contributed by atoms with Crippen LogP contribution in [0.4, 0.5) is 0 Å². The van der Waals surface area contributed by atoms with Gasteiger partial charge in [0.1, 0.15) is 0 Å². The number of hydrogen-bond acceptors (Lipinski definition) is 2. The van der Waals surface area contributed by atoms with Gasteiger partial charge in [-0.3, -0.25) is 0 Å². The van der Waals surface area contributed by atoms with Crippen LogP contribution in [0.2, 0.25) is 0 Å². The molecule has 0 saturated carbocycles. The third-order valence-electron chi connectivity index (χ3n) is 2.55. The highest BCUT2D eigenvalue weighted by Crippen LogP contribution is 2.69. The van der Waals surface area contributed by atoms with Gasteiger partial charge in [-0.2, -0.15) is 19.9 Å². The average Bonchev–Trinajstić information content (AvgIpc) is 3.01. The molecular weight excluding hydrogens is 260 g/mol. The van der Waals surface area contributed by atoms with E-state index in [2.05, 4.69) is 35.0 Å². The van der Waals surface area contributed by atoms with E-state index in [9.17, 15) is 0 Å². The first-order valence-electron chi connectivity index (χ1n) is 5.07. The van der Waals surface area contributed by atoms with Gasteiger partial charge in [0, 0.05) is 8.42 Å². The standard InChI is InChI=1S/C11H14S4/c1-4-10(12-6-1)14-8-3-9-15(14)11-5-2-7-13-11/h1-2,4-7,14-15H,3,8-9H2. The summed E-state index contributed by atoms with van der Waals surface area (Å²) in [5.74, 6) is 2.94. The molecule has 0 spiro atoms. The number of rotatable bonds is 2. The van der Waals surface area contributed by atoms with Gasteiger partial charge in [-0.1, -0.05) is 12.1 Å². The summed E-state index contributed by atoms with van der Waals surface area (Å²) in [5.41, 5.74) is 0. The smallest absolute Gasteiger partial charge is 0.0478 e. The van der Waals surface area contributed by atoms with Crippen molar-refractivity contribution in [2.24, 2.45) is 0 Å². The molecule has 0 N–H and O–H groups in total. The monoisotopic (exact) mass is 274 g/mol. The fraction of sp³-hybridized carbons (Fsp3) is 0.273. The highest BCUT2D eigenvalue weighted by Gasteiger charge is 2.24. The van der Waals surface area contributed by atoms with E-state index in [1.54, 1.807) is 8.42 Å². The quantitative estimate of drug-likeness (QED) is 0.582. The van der Waals surface area contributed by atoms with Crippen molar-refractivity contribution in [1.82, 2.24) is 0 Å². The predicted molar refractivity (Wildman–Crippen MR) is 77.5 cm³/mol. The van der Waals surface area contributed by atoms with Crippen molar-refractivity contribution < 1.29 is 0 Å². The molecule has 0 bridgehead atoms. The molecule has 3 heterocycles. The summed E-state index contributed by atoms with van der Waals surface area (Å²) in [6.07, 6.45) is 1.45. The second kappa shape index (κ2) is 4.53. The van der Waals surface area contributed by atoms with Crippen LogP contribution >= 0.6 is 42.5 Å². The lowest BCUT2D eigenvalue weighted by atomic mass is 10.6. The SMILES string of the molecule is c1csc([SH]2CCC[SH]2c2cccs2)c1. The molecule has 1 fully saturated rings. The molecule has 0 aromatic carbocycles. The molecule has 0 nitrogen and oxygen atoms in total. The van der Waals surface area contributed by atoms with Gasteiger partial charge in [0.05, 0.1) is 0 Å². The van der Waals surface area contributed by atoms with Gasteiger partial charge >= 0.3 is 0 Å². The maximum absolute atomic E-state index is 2.35. The molecule has 4 heteroatoms. The molecule has 15 heavy (non-hydrogen) atoms. The Labute approximate surface area is 103 Å². The first-order valence-corrected chi connectivity index (χ1v) is 10.6. The van der Waals surface area contributed by atoms with Crippen molar-refractivity contribution in [2.45, 2.75) is 14.8 Å². The average molecular weight is 275 g/mol. The highest BCUT2D eigenvalue weighted by atomic mass is 33.2. The van der Waals surface area contributed by atoms with Crippen LogP contribution in [0, 0.1) is 0 Å². The van der Waals surface area contributed by atoms with Crippen molar-refractivity contribution in [3.8, 4) is 0 Å². The van der Waals surface area contributed by atoms with E-state index in [0.717, 1.165) is 0 Å². The lowest BCUT2D eigenvalue weighted by molar-refractivity contribution is 1.14. The first-order chi connectivity index (χ1) is 7.45. The van der Waals surface area contributed by atoms with Gasteiger partial charge < -0.3 is 0 Å². The van der Waals surface area contributed by atoms with Crippen LogP contribution in [0.3, 0.4) is 0 Å². The number of thiophene rings is 2. The van der Waals surface area contributed by atoms with Crippen molar-refractivity contribution >= 4 is 42.5 Å². The predicted octanol–water partition coefficient (Wildman–Crippen LogP) is 4.55. The van der Waals surface area contributed by atoms with Crippen LogP contribution in [0.15, 0.2) is 43.4 Å². The molecule has 0 aliphatic carbocycles. The third kappa shape index (κ3) is 2.00. The van der Waals surface area contributed by atoms with E-state index >= 15 is 0 Å². The molecule has 2 aromatic heterocycles. The van der Waals surface area contributed by atoms with Crippen molar-refractivity contribution in [2.75, 3.05) is 11.5 Å². The van der Waals surface area contributed by atoms with E-state index < -0.39 is 0 Å². The van der Waals surface area contributed by atoms with Gasteiger partial charge in [-0.25, -0.2) is 0 Å². The lowest BCUT2D eigenvalue weighted by Gasteiger charge is -2.25. The van der Waals surface area contributed by atoms with Gasteiger partial charge in [-0.15, -0.1) is 22.7 Å².